The van der Waals surface area contributed by atoms with Gasteiger partial charge in [-0.05, 0) is 40.1 Å². The van der Waals surface area contributed by atoms with Gasteiger partial charge in [0.1, 0.15) is 23.1 Å². The molecule has 182 valence electrons. The highest BCUT2D eigenvalue weighted by Crippen LogP contribution is 2.43. The van der Waals surface area contributed by atoms with Gasteiger partial charge in [0.2, 0.25) is 5.88 Å². The predicted molar refractivity (Wildman–Crippen MR) is 137 cm³/mol. The van der Waals surface area contributed by atoms with Crippen LogP contribution in [0.25, 0.3) is 10.8 Å². The van der Waals surface area contributed by atoms with Gasteiger partial charge in [-0.25, -0.2) is 4.79 Å². The smallest absolute Gasteiger partial charge is 0.337 e. The molecule has 7 heteroatoms. The molecule has 4 aromatic carbocycles. The molecule has 0 aliphatic carbocycles. The summed E-state index contributed by atoms with van der Waals surface area (Å²) in [7, 11) is 1.31. The molecule has 5 rings (SSSR count). The molecule has 0 aromatic heterocycles. The number of nitrogens with zero attached hydrogens (tertiary/aromatic N) is 1. The summed E-state index contributed by atoms with van der Waals surface area (Å²) in [5.74, 6) is -0.726. The molecule has 0 saturated carbocycles. The van der Waals surface area contributed by atoms with Crippen LogP contribution >= 0.6 is 0 Å². The molecule has 0 fully saturated rings. The Morgan fingerprint density at radius 3 is 2.51 bits per heavy atom. The molecule has 1 atom stereocenters. The lowest BCUT2D eigenvalue weighted by Crippen LogP contribution is -2.21. The van der Waals surface area contributed by atoms with Crippen LogP contribution in [0.5, 0.6) is 11.5 Å². The molecule has 0 bridgehead atoms. The fraction of sp³-hybridized carbons (Fsp3) is 0.100. The van der Waals surface area contributed by atoms with Crippen LogP contribution in [0, 0.1) is 11.3 Å². The third kappa shape index (κ3) is 4.60. The van der Waals surface area contributed by atoms with E-state index >= 15 is 0 Å². The van der Waals surface area contributed by atoms with E-state index in [0.29, 0.717) is 22.6 Å². The number of nitrogens with two attached hydrogens (primary N) is 1. The van der Waals surface area contributed by atoms with Crippen molar-refractivity contribution in [2.75, 3.05) is 7.11 Å². The van der Waals surface area contributed by atoms with Crippen LogP contribution < -0.4 is 15.2 Å². The normalized spacial score (nSPS) is 14.3. The Balaban J connectivity index is 1.41. The molecule has 0 radical (unpaired) electrons. The molecule has 7 nitrogen and oxygen atoms in total. The fourth-order valence-electron chi connectivity index (χ4n) is 4.54. The number of allylic oxidation sites excluding steroid dienone is 1. The number of benzene rings is 4. The molecular formula is C30H22N2O5. The molecule has 0 amide bonds. The molecular weight excluding hydrogens is 468 g/mol. The van der Waals surface area contributed by atoms with E-state index in [2.05, 4.69) is 6.07 Å². The molecule has 4 aromatic rings. The Morgan fingerprint density at radius 2 is 1.76 bits per heavy atom. The number of hydrogen-bond donors (Lipinski definition) is 1. The molecule has 0 saturated heterocycles. The van der Waals surface area contributed by atoms with E-state index in [1.54, 1.807) is 42.5 Å². The van der Waals surface area contributed by atoms with Gasteiger partial charge in [0.25, 0.3) is 0 Å². The SMILES string of the molecule is COC(=O)c1ccc(C2C(C#N)=C(N)Oc3cc(OC(=O)Cc4cccc5ccccc45)ccc32)cc1. The maximum absolute atomic E-state index is 12.8. The second kappa shape index (κ2) is 9.88. The Hall–Kier alpha value is -5.09. The standard InChI is InChI=1S/C30H22N2O5/c1-35-30(34)20-11-9-19(10-12-20)28-24-14-13-22(16-26(24)37-29(32)25(28)17-31)36-27(33)15-21-7-4-6-18-5-2-3-8-23(18)21/h2-14,16,28H,15,32H2,1H3. The average Bonchev–Trinajstić information content (AvgIpc) is 2.92. The summed E-state index contributed by atoms with van der Waals surface area (Å²) in [6.45, 7) is 0. The zero-order chi connectivity index (χ0) is 25.9. The zero-order valence-electron chi connectivity index (χ0n) is 19.9. The van der Waals surface area contributed by atoms with Crippen molar-refractivity contribution in [3.8, 4) is 17.6 Å². The Bertz CT molecular complexity index is 1590. The van der Waals surface area contributed by atoms with Crippen molar-refractivity contribution in [3.63, 3.8) is 0 Å². The Morgan fingerprint density at radius 1 is 1.00 bits per heavy atom. The molecule has 2 N–H and O–H groups in total. The van der Waals surface area contributed by atoms with Crippen LogP contribution in [0.1, 0.15) is 33.0 Å². The number of methoxy groups -OCH3 is 1. The lowest BCUT2D eigenvalue weighted by atomic mass is 9.83. The summed E-state index contributed by atoms with van der Waals surface area (Å²) < 4.78 is 16.1. The monoisotopic (exact) mass is 490 g/mol. The first-order chi connectivity index (χ1) is 18.0. The maximum Gasteiger partial charge on any atom is 0.337 e. The van der Waals surface area contributed by atoms with Gasteiger partial charge in [-0.1, -0.05) is 60.7 Å². The number of rotatable bonds is 5. The third-order valence-corrected chi connectivity index (χ3v) is 6.30. The minimum atomic E-state index is -0.513. The van der Waals surface area contributed by atoms with E-state index < -0.39 is 17.9 Å². The van der Waals surface area contributed by atoms with Gasteiger partial charge in [-0.3, -0.25) is 4.79 Å². The minimum Gasteiger partial charge on any atom is -0.465 e. The quantitative estimate of drug-likeness (QED) is 0.310. The second-order valence-corrected chi connectivity index (χ2v) is 8.53. The molecule has 0 spiro atoms. The summed E-state index contributed by atoms with van der Waals surface area (Å²) in [5.41, 5.74) is 9.04. The molecule has 1 unspecified atom stereocenters. The van der Waals surface area contributed by atoms with Crippen molar-refractivity contribution >= 4 is 22.7 Å². The highest BCUT2D eigenvalue weighted by Gasteiger charge is 2.31. The van der Waals surface area contributed by atoms with E-state index in [9.17, 15) is 14.9 Å². The van der Waals surface area contributed by atoms with Gasteiger partial charge in [-0.2, -0.15) is 5.26 Å². The van der Waals surface area contributed by atoms with Crippen molar-refractivity contribution in [1.29, 1.82) is 5.26 Å². The maximum atomic E-state index is 12.8. The lowest BCUT2D eigenvalue weighted by molar-refractivity contribution is -0.133. The van der Waals surface area contributed by atoms with Crippen LogP contribution in [0.3, 0.4) is 0 Å². The number of ether oxygens (including phenoxy) is 3. The predicted octanol–water partition coefficient (Wildman–Crippen LogP) is 4.99. The molecule has 1 aliphatic heterocycles. The van der Waals surface area contributed by atoms with Gasteiger partial charge in [0.05, 0.1) is 25.0 Å². The molecule has 1 heterocycles. The fourth-order valence-corrected chi connectivity index (χ4v) is 4.54. The van der Waals surface area contributed by atoms with Crippen molar-refractivity contribution < 1.29 is 23.8 Å². The highest BCUT2D eigenvalue weighted by molar-refractivity contribution is 5.90. The first kappa shape index (κ1) is 23.6. The van der Waals surface area contributed by atoms with Gasteiger partial charge in [-0.15, -0.1) is 0 Å². The number of carbonyl (C=O) groups excluding carboxylic acids is 2. The van der Waals surface area contributed by atoms with E-state index in [-0.39, 0.29) is 17.9 Å². The van der Waals surface area contributed by atoms with Gasteiger partial charge in [0.15, 0.2) is 0 Å². The summed E-state index contributed by atoms with van der Waals surface area (Å²) in [6.07, 6.45) is 0.106. The van der Waals surface area contributed by atoms with Crippen molar-refractivity contribution in [2.45, 2.75) is 12.3 Å². The van der Waals surface area contributed by atoms with Crippen LogP contribution in [0.2, 0.25) is 0 Å². The van der Waals surface area contributed by atoms with Gasteiger partial charge >= 0.3 is 11.9 Å². The van der Waals surface area contributed by atoms with Crippen LogP contribution in [0.4, 0.5) is 0 Å². The van der Waals surface area contributed by atoms with E-state index in [1.807, 2.05) is 42.5 Å². The number of hydrogen-bond acceptors (Lipinski definition) is 7. The summed E-state index contributed by atoms with van der Waals surface area (Å²) >= 11 is 0. The van der Waals surface area contributed by atoms with Gasteiger partial charge in [0, 0.05) is 11.6 Å². The van der Waals surface area contributed by atoms with Crippen molar-refractivity contribution in [2.24, 2.45) is 5.73 Å². The van der Waals surface area contributed by atoms with Crippen LogP contribution in [-0.2, 0) is 16.0 Å². The third-order valence-electron chi connectivity index (χ3n) is 6.30. The number of fused-ring (bicyclic) bond motifs is 2. The van der Waals surface area contributed by atoms with Crippen LogP contribution in [0.15, 0.2) is 96.4 Å². The van der Waals surface area contributed by atoms with E-state index in [1.165, 1.54) is 7.11 Å². The highest BCUT2D eigenvalue weighted by atomic mass is 16.5. The average molecular weight is 491 g/mol. The topological polar surface area (TPSA) is 112 Å². The molecule has 37 heavy (non-hydrogen) atoms. The van der Waals surface area contributed by atoms with E-state index in [4.69, 9.17) is 19.9 Å². The van der Waals surface area contributed by atoms with Crippen molar-refractivity contribution in [1.82, 2.24) is 0 Å². The van der Waals surface area contributed by atoms with E-state index in [0.717, 1.165) is 21.9 Å². The Labute approximate surface area is 213 Å². The first-order valence-electron chi connectivity index (χ1n) is 11.6. The summed E-state index contributed by atoms with van der Waals surface area (Å²) in [5, 5.41) is 11.8. The number of nitriles is 1. The molecule has 1 aliphatic rings. The Kier molecular flexibility index (Phi) is 6.31. The largest absolute Gasteiger partial charge is 0.465 e. The first-order valence-corrected chi connectivity index (χ1v) is 11.6. The number of carbonyl (C=O) groups is 2. The van der Waals surface area contributed by atoms with Crippen molar-refractivity contribution in [3.05, 3.63) is 119 Å². The zero-order valence-corrected chi connectivity index (χ0v) is 19.9. The summed E-state index contributed by atoms with van der Waals surface area (Å²) in [6, 6.07) is 27.6. The number of esters is 2. The minimum absolute atomic E-state index is 0.0312. The second-order valence-electron chi connectivity index (χ2n) is 8.53. The summed E-state index contributed by atoms with van der Waals surface area (Å²) in [4.78, 5) is 24.6. The van der Waals surface area contributed by atoms with Crippen LogP contribution in [-0.4, -0.2) is 19.0 Å². The lowest BCUT2D eigenvalue weighted by Gasteiger charge is -2.26. The van der Waals surface area contributed by atoms with Gasteiger partial charge < -0.3 is 19.9 Å².